The van der Waals surface area contributed by atoms with E-state index in [-0.39, 0.29) is 0 Å². The van der Waals surface area contributed by atoms with Crippen LogP contribution in [-0.4, -0.2) is 19.1 Å². The van der Waals surface area contributed by atoms with Crippen molar-refractivity contribution >= 4 is 39.1 Å². The van der Waals surface area contributed by atoms with Crippen LogP contribution in [0, 0.1) is 0 Å². The van der Waals surface area contributed by atoms with Gasteiger partial charge < -0.3 is 10.6 Å². The minimum Gasteiger partial charge on any atom is -0.397 e. The maximum absolute atomic E-state index is 6.64. The number of nitrogen functional groups attached to an aromatic ring is 1. The second-order valence-corrected chi connectivity index (χ2v) is 12.6. The van der Waals surface area contributed by atoms with Crippen molar-refractivity contribution in [1.82, 2.24) is 19.1 Å². The summed E-state index contributed by atoms with van der Waals surface area (Å²) in [5.41, 5.74) is 18.5. The summed E-state index contributed by atoms with van der Waals surface area (Å²) in [5.74, 6) is 1.72. The molecule has 0 saturated heterocycles. The van der Waals surface area contributed by atoms with E-state index in [1.54, 1.807) is 0 Å². The summed E-state index contributed by atoms with van der Waals surface area (Å²) in [5, 5.41) is 0. The normalized spacial score (nSPS) is 11.3. The summed E-state index contributed by atoms with van der Waals surface area (Å²) in [6, 6.07) is 62.7. The first kappa shape index (κ1) is 30.2. The van der Waals surface area contributed by atoms with Crippen molar-refractivity contribution in [1.29, 1.82) is 0 Å². The Balaban J connectivity index is 1.31. The Labute approximate surface area is 296 Å². The molecule has 0 aliphatic rings. The number of para-hydroxylation sites is 9. The van der Waals surface area contributed by atoms with Gasteiger partial charge in [-0.25, -0.2) is 9.97 Å². The molecule has 0 unspecified atom stereocenters. The van der Waals surface area contributed by atoms with Gasteiger partial charge in [0.15, 0.2) is 0 Å². The van der Waals surface area contributed by atoms with Gasteiger partial charge >= 0.3 is 0 Å². The van der Waals surface area contributed by atoms with E-state index < -0.39 is 0 Å². The molecule has 0 aliphatic heterocycles. The number of anilines is 3. The number of aromatic nitrogens is 4. The standard InChI is InChI=1S/C45H34N6/c46-38-22-10-13-25-41(38)49(35-16-4-1-5-17-35)31-32-28-33(44-47-39-23-11-14-26-42(39)50(44)36-18-6-2-7-19-36)30-34(29-32)45-48-40-24-12-15-27-43(40)51(45)37-20-8-3-9-21-37/h1-30H,31,46H2. The van der Waals surface area contributed by atoms with E-state index in [0.29, 0.717) is 6.54 Å². The van der Waals surface area contributed by atoms with Crippen molar-refractivity contribution in [3.63, 3.8) is 0 Å². The van der Waals surface area contributed by atoms with Crippen LogP contribution in [0.25, 0.3) is 56.2 Å². The molecule has 6 nitrogen and oxygen atoms in total. The van der Waals surface area contributed by atoms with Crippen LogP contribution in [0.1, 0.15) is 5.56 Å². The molecule has 0 fully saturated rings. The van der Waals surface area contributed by atoms with E-state index in [9.17, 15) is 0 Å². The second-order valence-electron chi connectivity index (χ2n) is 12.6. The maximum atomic E-state index is 6.64. The average Bonchev–Trinajstić information content (AvgIpc) is 3.78. The lowest BCUT2D eigenvalue weighted by molar-refractivity contribution is 0.975. The van der Waals surface area contributed by atoms with Gasteiger partial charge in [-0.2, -0.15) is 0 Å². The molecule has 9 aromatic rings. The molecule has 6 heteroatoms. The zero-order chi connectivity index (χ0) is 34.1. The van der Waals surface area contributed by atoms with E-state index in [0.717, 1.165) is 78.8 Å². The van der Waals surface area contributed by atoms with Crippen molar-refractivity contribution in [2.24, 2.45) is 0 Å². The van der Waals surface area contributed by atoms with Crippen molar-refractivity contribution in [2.45, 2.75) is 6.54 Å². The monoisotopic (exact) mass is 658 g/mol. The van der Waals surface area contributed by atoms with Crippen LogP contribution in [-0.2, 0) is 6.54 Å². The van der Waals surface area contributed by atoms with E-state index in [2.05, 4.69) is 147 Å². The Morgan fingerprint density at radius 3 is 1.45 bits per heavy atom. The van der Waals surface area contributed by atoms with Crippen molar-refractivity contribution in [2.75, 3.05) is 10.6 Å². The summed E-state index contributed by atoms with van der Waals surface area (Å²) in [4.78, 5) is 12.8. The zero-order valence-corrected chi connectivity index (χ0v) is 27.8. The molecule has 51 heavy (non-hydrogen) atoms. The Hall–Kier alpha value is -6.92. The lowest BCUT2D eigenvalue weighted by Gasteiger charge is -2.27. The van der Waals surface area contributed by atoms with Gasteiger partial charge in [0.05, 0.1) is 33.4 Å². The molecule has 9 rings (SSSR count). The van der Waals surface area contributed by atoms with Gasteiger partial charge in [0, 0.05) is 34.7 Å². The third kappa shape index (κ3) is 5.59. The fourth-order valence-electron chi connectivity index (χ4n) is 7.00. The van der Waals surface area contributed by atoms with Gasteiger partial charge in [-0.1, -0.05) is 91.0 Å². The predicted molar refractivity (Wildman–Crippen MR) is 210 cm³/mol. The van der Waals surface area contributed by atoms with Crippen LogP contribution < -0.4 is 10.6 Å². The van der Waals surface area contributed by atoms with Gasteiger partial charge in [-0.3, -0.25) is 9.13 Å². The second kappa shape index (κ2) is 12.8. The Morgan fingerprint density at radius 2 is 0.922 bits per heavy atom. The fraction of sp³-hybridized carbons (Fsp3) is 0.0222. The average molecular weight is 659 g/mol. The van der Waals surface area contributed by atoms with Gasteiger partial charge in [0.1, 0.15) is 11.6 Å². The van der Waals surface area contributed by atoms with Crippen molar-refractivity contribution in [3.8, 4) is 34.2 Å². The number of imidazole rings is 2. The van der Waals surface area contributed by atoms with Crippen molar-refractivity contribution in [3.05, 3.63) is 188 Å². The Kier molecular flexibility index (Phi) is 7.59. The molecule has 0 atom stereocenters. The van der Waals surface area contributed by atoms with E-state index in [1.165, 1.54) is 0 Å². The van der Waals surface area contributed by atoms with E-state index >= 15 is 0 Å². The molecular formula is C45H34N6. The summed E-state index contributed by atoms with van der Waals surface area (Å²) < 4.78 is 4.51. The topological polar surface area (TPSA) is 64.9 Å². The first-order valence-corrected chi connectivity index (χ1v) is 17.1. The third-order valence-corrected chi connectivity index (χ3v) is 9.30. The molecule has 0 amide bonds. The SMILES string of the molecule is Nc1ccccc1N(Cc1cc(-c2nc3ccccc3n2-c2ccccc2)cc(-c2nc3ccccc3n2-c2ccccc2)c1)c1ccccc1. The summed E-state index contributed by atoms with van der Waals surface area (Å²) >= 11 is 0. The summed E-state index contributed by atoms with van der Waals surface area (Å²) in [6.07, 6.45) is 0. The number of hydrogen-bond acceptors (Lipinski definition) is 4. The molecule has 0 bridgehead atoms. The van der Waals surface area contributed by atoms with Crippen molar-refractivity contribution < 1.29 is 0 Å². The third-order valence-electron chi connectivity index (χ3n) is 9.30. The molecule has 2 N–H and O–H groups in total. The maximum Gasteiger partial charge on any atom is 0.145 e. The highest BCUT2D eigenvalue weighted by Gasteiger charge is 2.21. The molecule has 7 aromatic carbocycles. The number of nitrogens with two attached hydrogens (primary N) is 1. The molecule has 0 aliphatic carbocycles. The minimum absolute atomic E-state index is 0.566. The van der Waals surface area contributed by atoms with Crippen LogP contribution >= 0.6 is 0 Å². The molecule has 0 spiro atoms. The molecule has 2 aromatic heterocycles. The van der Waals surface area contributed by atoms with Crippen LogP contribution in [0.4, 0.5) is 17.1 Å². The van der Waals surface area contributed by atoms with Gasteiger partial charge in [-0.15, -0.1) is 0 Å². The lowest BCUT2D eigenvalue weighted by Crippen LogP contribution is -2.18. The number of nitrogens with zero attached hydrogens (tertiary/aromatic N) is 5. The fourth-order valence-corrected chi connectivity index (χ4v) is 7.00. The highest BCUT2D eigenvalue weighted by molar-refractivity contribution is 5.87. The lowest BCUT2D eigenvalue weighted by atomic mass is 10.0. The van der Waals surface area contributed by atoms with E-state index in [1.807, 2.05) is 48.5 Å². The largest absolute Gasteiger partial charge is 0.397 e. The Morgan fingerprint density at radius 1 is 0.471 bits per heavy atom. The molecule has 2 heterocycles. The quantitative estimate of drug-likeness (QED) is 0.165. The Bertz CT molecular complexity index is 2490. The molecule has 0 radical (unpaired) electrons. The first-order valence-electron chi connectivity index (χ1n) is 17.1. The first-order chi connectivity index (χ1) is 25.2. The highest BCUT2D eigenvalue weighted by Crippen LogP contribution is 2.37. The number of benzene rings is 7. The van der Waals surface area contributed by atoms with E-state index in [4.69, 9.17) is 15.7 Å². The summed E-state index contributed by atoms with van der Waals surface area (Å²) in [7, 11) is 0. The number of fused-ring (bicyclic) bond motifs is 2. The van der Waals surface area contributed by atoms with Gasteiger partial charge in [0.2, 0.25) is 0 Å². The molecular weight excluding hydrogens is 625 g/mol. The smallest absolute Gasteiger partial charge is 0.145 e. The van der Waals surface area contributed by atoms with Crippen LogP contribution in [0.3, 0.4) is 0 Å². The van der Waals surface area contributed by atoms with Gasteiger partial charge in [0.25, 0.3) is 0 Å². The predicted octanol–water partition coefficient (Wildman–Crippen LogP) is 10.6. The molecule has 0 saturated carbocycles. The van der Waals surface area contributed by atoms with Crippen LogP contribution in [0.5, 0.6) is 0 Å². The summed E-state index contributed by atoms with van der Waals surface area (Å²) in [6.45, 7) is 0.566. The van der Waals surface area contributed by atoms with Gasteiger partial charge in [-0.05, 0) is 96.6 Å². The van der Waals surface area contributed by atoms with Crippen LogP contribution in [0.2, 0.25) is 0 Å². The zero-order valence-electron chi connectivity index (χ0n) is 27.8. The molecule has 244 valence electrons. The minimum atomic E-state index is 0.566. The number of hydrogen-bond donors (Lipinski definition) is 1. The highest BCUT2D eigenvalue weighted by atomic mass is 15.1. The van der Waals surface area contributed by atoms with Crippen LogP contribution in [0.15, 0.2) is 182 Å². The number of rotatable bonds is 8.